The minimum atomic E-state index is -0.220. The van der Waals surface area contributed by atoms with Crippen LogP contribution < -0.4 is 10.6 Å². The zero-order chi connectivity index (χ0) is 17.3. The van der Waals surface area contributed by atoms with Crippen molar-refractivity contribution in [1.82, 2.24) is 20.5 Å². The van der Waals surface area contributed by atoms with Crippen molar-refractivity contribution in [2.24, 2.45) is 4.99 Å². The third-order valence-electron chi connectivity index (χ3n) is 2.71. The molecule has 0 atom stereocenters. The van der Waals surface area contributed by atoms with Crippen molar-refractivity contribution in [2.45, 2.75) is 37.1 Å². The van der Waals surface area contributed by atoms with Crippen molar-refractivity contribution >= 4 is 35.0 Å². The molecule has 0 unspecified atom stereocenters. The third kappa shape index (κ3) is 8.80. The number of thiazole rings is 1. The van der Waals surface area contributed by atoms with Crippen LogP contribution in [-0.4, -0.2) is 60.2 Å². The van der Waals surface area contributed by atoms with E-state index in [1.165, 1.54) is 0 Å². The van der Waals surface area contributed by atoms with Gasteiger partial charge in [0.15, 0.2) is 5.96 Å². The van der Waals surface area contributed by atoms with Gasteiger partial charge in [-0.05, 0) is 27.2 Å². The Labute approximate surface area is 147 Å². The first-order valence-electron chi connectivity index (χ1n) is 7.57. The van der Waals surface area contributed by atoms with Crippen LogP contribution in [0.4, 0.5) is 0 Å². The summed E-state index contributed by atoms with van der Waals surface area (Å²) in [6, 6.07) is 0. The number of hydrogen-bond acceptors (Lipinski definition) is 5. The van der Waals surface area contributed by atoms with Gasteiger partial charge >= 0.3 is 0 Å². The topological polar surface area (TPSA) is 69.6 Å². The van der Waals surface area contributed by atoms with E-state index in [9.17, 15) is 4.79 Å². The molecule has 23 heavy (non-hydrogen) atoms. The van der Waals surface area contributed by atoms with E-state index in [0.29, 0.717) is 0 Å². The van der Waals surface area contributed by atoms with E-state index in [4.69, 9.17) is 0 Å². The Kier molecular flexibility index (Phi) is 8.40. The second-order valence-electron chi connectivity index (χ2n) is 6.13. The smallest absolute Gasteiger partial charge is 0.240 e. The van der Waals surface area contributed by atoms with Gasteiger partial charge in [0, 0.05) is 43.5 Å². The number of hydrogen-bond donors (Lipinski definition) is 2. The van der Waals surface area contributed by atoms with E-state index < -0.39 is 0 Å². The molecule has 0 bridgehead atoms. The lowest BCUT2D eigenvalue weighted by molar-refractivity contribution is -0.122. The fraction of sp³-hybridized carbons (Fsp3) is 0.667. The van der Waals surface area contributed by atoms with Crippen molar-refractivity contribution in [2.75, 3.05) is 32.9 Å². The van der Waals surface area contributed by atoms with Gasteiger partial charge in [0.05, 0.1) is 6.54 Å². The summed E-state index contributed by atoms with van der Waals surface area (Å²) in [5.41, 5.74) is -0.220. The maximum atomic E-state index is 12.0. The number of nitrogens with one attached hydrogen (secondary N) is 2. The maximum Gasteiger partial charge on any atom is 0.240 e. The SMILES string of the molecule is CN=C(NCCCSc1nccs1)N(C)CC(=O)NC(C)(C)C. The van der Waals surface area contributed by atoms with E-state index in [1.807, 2.05) is 44.3 Å². The summed E-state index contributed by atoms with van der Waals surface area (Å²) in [6.07, 6.45) is 2.83. The monoisotopic (exact) mass is 357 g/mol. The quantitative estimate of drug-likeness (QED) is 0.338. The molecule has 1 aromatic heterocycles. The number of carbonyl (C=O) groups excluding carboxylic acids is 1. The van der Waals surface area contributed by atoms with Gasteiger partial charge in [-0.3, -0.25) is 9.79 Å². The minimum Gasteiger partial charge on any atom is -0.356 e. The molecule has 1 aromatic rings. The van der Waals surface area contributed by atoms with Gasteiger partial charge in [0.25, 0.3) is 0 Å². The van der Waals surface area contributed by atoms with Crippen LogP contribution >= 0.6 is 23.1 Å². The molecule has 0 aliphatic heterocycles. The van der Waals surface area contributed by atoms with Gasteiger partial charge in [-0.2, -0.15) is 0 Å². The van der Waals surface area contributed by atoms with E-state index >= 15 is 0 Å². The molecule has 0 saturated heterocycles. The number of aromatic nitrogens is 1. The Hall–Kier alpha value is -1.28. The maximum absolute atomic E-state index is 12.0. The molecular formula is C15H27N5OS2. The van der Waals surface area contributed by atoms with Crippen LogP contribution in [0.2, 0.25) is 0 Å². The van der Waals surface area contributed by atoms with Gasteiger partial charge < -0.3 is 15.5 Å². The first-order chi connectivity index (χ1) is 10.8. The van der Waals surface area contributed by atoms with E-state index in [2.05, 4.69) is 20.6 Å². The van der Waals surface area contributed by atoms with Crippen LogP contribution in [0.5, 0.6) is 0 Å². The molecule has 0 spiro atoms. The highest BCUT2D eigenvalue weighted by molar-refractivity contribution is 8.00. The Morgan fingerprint density at radius 1 is 1.48 bits per heavy atom. The number of thioether (sulfide) groups is 1. The van der Waals surface area contributed by atoms with Crippen LogP contribution in [0, 0.1) is 0 Å². The van der Waals surface area contributed by atoms with Crippen molar-refractivity contribution in [3.8, 4) is 0 Å². The lowest BCUT2D eigenvalue weighted by Gasteiger charge is -2.25. The average molecular weight is 358 g/mol. The minimum absolute atomic E-state index is 0.0118. The van der Waals surface area contributed by atoms with Gasteiger partial charge in [-0.1, -0.05) is 11.8 Å². The number of likely N-dealkylation sites (N-methyl/N-ethyl adjacent to an activating group) is 1. The summed E-state index contributed by atoms with van der Waals surface area (Å²) in [4.78, 5) is 22.2. The summed E-state index contributed by atoms with van der Waals surface area (Å²) < 4.78 is 1.10. The van der Waals surface area contributed by atoms with Crippen LogP contribution in [0.25, 0.3) is 0 Å². The van der Waals surface area contributed by atoms with Crippen LogP contribution in [0.3, 0.4) is 0 Å². The molecule has 6 nitrogen and oxygen atoms in total. The first-order valence-corrected chi connectivity index (χ1v) is 9.43. The normalized spacial score (nSPS) is 12.1. The second-order valence-corrected chi connectivity index (χ2v) is 8.36. The molecular weight excluding hydrogens is 330 g/mol. The lowest BCUT2D eigenvalue weighted by atomic mass is 10.1. The number of nitrogens with zero attached hydrogens (tertiary/aromatic N) is 3. The van der Waals surface area contributed by atoms with Crippen LogP contribution in [0.15, 0.2) is 20.9 Å². The highest BCUT2D eigenvalue weighted by atomic mass is 32.2. The van der Waals surface area contributed by atoms with E-state index in [-0.39, 0.29) is 18.0 Å². The molecule has 0 aromatic carbocycles. The average Bonchev–Trinajstić information content (AvgIpc) is 2.93. The Bertz CT molecular complexity index is 496. The van der Waals surface area contributed by atoms with Crippen molar-refractivity contribution < 1.29 is 4.79 Å². The largest absolute Gasteiger partial charge is 0.356 e. The molecule has 0 aliphatic rings. The molecule has 1 heterocycles. The predicted molar refractivity (Wildman–Crippen MR) is 99.3 cm³/mol. The summed E-state index contributed by atoms with van der Waals surface area (Å²) in [7, 11) is 3.59. The first kappa shape index (κ1) is 19.8. The highest BCUT2D eigenvalue weighted by Crippen LogP contribution is 2.20. The summed E-state index contributed by atoms with van der Waals surface area (Å²) >= 11 is 3.42. The lowest BCUT2D eigenvalue weighted by Crippen LogP contribution is -2.48. The van der Waals surface area contributed by atoms with Gasteiger partial charge in [0.2, 0.25) is 5.91 Å². The van der Waals surface area contributed by atoms with Gasteiger partial charge in [-0.25, -0.2) is 4.98 Å². The van der Waals surface area contributed by atoms with Gasteiger partial charge in [-0.15, -0.1) is 11.3 Å². The molecule has 0 fully saturated rings. The molecule has 0 radical (unpaired) electrons. The number of aliphatic imine (C=N–C) groups is 1. The van der Waals surface area contributed by atoms with Crippen molar-refractivity contribution in [3.05, 3.63) is 11.6 Å². The molecule has 8 heteroatoms. The Balaban J connectivity index is 2.25. The van der Waals surface area contributed by atoms with Gasteiger partial charge in [0.1, 0.15) is 4.34 Å². The van der Waals surface area contributed by atoms with Crippen LogP contribution in [-0.2, 0) is 4.79 Å². The molecule has 130 valence electrons. The highest BCUT2D eigenvalue weighted by Gasteiger charge is 2.16. The van der Waals surface area contributed by atoms with E-state index in [0.717, 1.165) is 29.0 Å². The van der Waals surface area contributed by atoms with Crippen molar-refractivity contribution in [3.63, 3.8) is 0 Å². The zero-order valence-electron chi connectivity index (χ0n) is 14.5. The number of amides is 1. The van der Waals surface area contributed by atoms with Crippen LogP contribution in [0.1, 0.15) is 27.2 Å². The summed E-state index contributed by atoms with van der Waals surface area (Å²) in [5, 5.41) is 8.22. The second kappa shape index (κ2) is 9.77. The molecule has 1 rings (SSSR count). The summed E-state index contributed by atoms with van der Waals surface area (Å²) in [5.74, 6) is 1.72. The number of carbonyl (C=O) groups is 1. The Morgan fingerprint density at radius 2 is 2.22 bits per heavy atom. The fourth-order valence-corrected chi connectivity index (χ4v) is 3.49. The Morgan fingerprint density at radius 3 is 2.78 bits per heavy atom. The zero-order valence-corrected chi connectivity index (χ0v) is 16.2. The van der Waals surface area contributed by atoms with E-state index in [1.54, 1.807) is 30.1 Å². The molecule has 2 N–H and O–H groups in total. The fourth-order valence-electron chi connectivity index (χ4n) is 1.85. The number of rotatable bonds is 7. The number of guanidine groups is 1. The van der Waals surface area contributed by atoms with Crippen molar-refractivity contribution in [1.29, 1.82) is 0 Å². The standard InChI is InChI=1S/C15H27N5OS2/c1-15(2,3)19-12(21)11-20(5)13(16-4)17-7-6-9-22-14-18-8-10-23-14/h8,10H,6-7,9,11H2,1-5H3,(H,16,17)(H,19,21). The molecule has 0 saturated carbocycles. The third-order valence-corrected chi connectivity index (χ3v) is 4.76. The summed E-state index contributed by atoms with van der Waals surface area (Å²) in [6.45, 7) is 7.01. The molecule has 1 amide bonds. The molecule has 0 aliphatic carbocycles. The predicted octanol–water partition coefficient (Wildman–Crippen LogP) is 2.05.